The number of rotatable bonds is 7. The van der Waals surface area contributed by atoms with Gasteiger partial charge < -0.3 is 9.47 Å². The number of aromatic nitrogens is 2. The van der Waals surface area contributed by atoms with Crippen LogP contribution in [0.15, 0.2) is 48.8 Å². The minimum absolute atomic E-state index is 0.241. The van der Waals surface area contributed by atoms with Crippen molar-refractivity contribution in [2.75, 3.05) is 32.7 Å². The van der Waals surface area contributed by atoms with E-state index in [4.69, 9.17) is 11.6 Å². The number of hydrogen-bond acceptors (Lipinski definition) is 4. The van der Waals surface area contributed by atoms with Crippen LogP contribution in [0.4, 0.5) is 13.2 Å². The summed E-state index contributed by atoms with van der Waals surface area (Å²) in [5.41, 5.74) is 1.20. The molecule has 1 aliphatic rings. The molecule has 1 fully saturated rings. The number of nitrogens with zero attached hydrogens (tertiary/aromatic N) is 4. The molecule has 0 saturated carbocycles. The standard InChI is InChI=1S/C24H26ClF3N4O/c25-21-8-2-1-6-18(21)16-31-12-4-10-30(14-15-31)11-5-13-32-17-20(22(33)24(26,27)28)19-7-3-9-29-23(19)32/h1-3,6-9,17H,4-5,10-16H2. The van der Waals surface area contributed by atoms with Gasteiger partial charge in [-0.3, -0.25) is 9.69 Å². The van der Waals surface area contributed by atoms with E-state index in [2.05, 4.69) is 20.9 Å². The lowest BCUT2D eigenvalue weighted by Gasteiger charge is -2.22. The molecule has 0 spiro atoms. The number of fused-ring (bicyclic) bond motifs is 1. The second kappa shape index (κ2) is 10.2. The molecule has 0 amide bonds. The highest BCUT2D eigenvalue weighted by Gasteiger charge is 2.41. The van der Waals surface area contributed by atoms with Gasteiger partial charge in [0.15, 0.2) is 0 Å². The molecule has 1 aromatic carbocycles. The summed E-state index contributed by atoms with van der Waals surface area (Å²) < 4.78 is 40.7. The average Bonchev–Trinajstić information content (AvgIpc) is 3.00. The summed E-state index contributed by atoms with van der Waals surface area (Å²) in [4.78, 5) is 20.8. The molecule has 1 aliphatic heterocycles. The molecular weight excluding hydrogens is 453 g/mol. The maximum Gasteiger partial charge on any atom is 0.454 e. The second-order valence-electron chi connectivity index (χ2n) is 8.35. The topological polar surface area (TPSA) is 41.4 Å². The van der Waals surface area contributed by atoms with E-state index < -0.39 is 12.0 Å². The molecule has 176 valence electrons. The lowest BCUT2D eigenvalue weighted by Crippen LogP contribution is -2.31. The molecule has 0 aliphatic carbocycles. The Labute approximate surface area is 195 Å². The number of aryl methyl sites for hydroxylation is 1. The van der Waals surface area contributed by atoms with Crippen molar-refractivity contribution in [2.45, 2.75) is 32.1 Å². The fraction of sp³-hybridized carbons (Fsp3) is 0.417. The van der Waals surface area contributed by atoms with Gasteiger partial charge in [-0.05, 0) is 56.2 Å². The predicted octanol–water partition coefficient (Wildman–Crippen LogP) is 5.03. The average molecular weight is 479 g/mol. The number of pyridine rings is 1. The fourth-order valence-corrected chi connectivity index (χ4v) is 4.56. The van der Waals surface area contributed by atoms with Gasteiger partial charge in [0.2, 0.25) is 0 Å². The van der Waals surface area contributed by atoms with Gasteiger partial charge in [-0.2, -0.15) is 13.2 Å². The molecule has 3 heterocycles. The van der Waals surface area contributed by atoms with Gasteiger partial charge >= 0.3 is 6.18 Å². The molecule has 1 saturated heterocycles. The van der Waals surface area contributed by atoms with Crippen molar-refractivity contribution in [1.29, 1.82) is 0 Å². The normalized spacial score (nSPS) is 16.2. The van der Waals surface area contributed by atoms with Gasteiger partial charge in [-0.15, -0.1) is 0 Å². The Morgan fingerprint density at radius 3 is 2.55 bits per heavy atom. The van der Waals surface area contributed by atoms with Gasteiger partial charge in [0.05, 0.1) is 5.56 Å². The van der Waals surface area contributed by atoms with Crippen LogP contribution in [0.3, 0.4) is 0 Å². The largest absolute Gasteiger partial charge is 0.454 e. The molecule has 2 aromatic heterocycles. The Bertz CT molecular complexity index is 1110. The molecule has 3 aromatic rings. The number of hydrogen-bond donors (Lipinski definition) is 0. The Morgan fingerprint density at radius 2 is 1.76 bits per heavy atom. The zero-order valence-electron chi connectivity index (χ0n) is 18.2. The summed E-state index contributed by atoms with van der Waals surface area (Å²) in [5, 5.41) is 1.03. The smallest absolute Gasteiger partial charge is 0.332 e. The third-order valence-corrected chi connectivity index (χ3v) is 6.41. The first kappa shape index (κ1) is 23.7. The SMILES string of the molecule is O=C(c1cn(CCCN2CCCN(Cc3ccccc3Cl)CC2)c2ncccc12)C(F)(F)F. The first-order chi connectivity index (χ1) is 15.8. The zero-order chi connectivity index (χ0) is 23.4. The summed E-state index contributed by atoms with van der Waals surface area (Å²) >= 11 is 6.30. The fourth-order valence-electron chi connectivity index (χ4n) is 4.36. The lowest BCUT2D eigenvalue weighted by molar-refractivity contribution is -0.0884. The summed E-state index contributed by atoms with van der Waals surface area (Å²) in [5.74, 6) is -1.83. The van der Waals surface area contributed by atoms with Crippen molar-refractivity contribution in [3.8, 4) is 0 Å². The molecular formula is C24H26ClF3N4O. The number of carbonyl (C=O) groups is 1. The Kier molecular flexibility index (Phi) is 7.36. The highest BCUT2D eigenvalue weighted by Crippen LogP contribution is 2.28. The number of alkyl halides is 3. The zero-order valence-corrected chi connectivity index (χ0v) is 18.9. The minimum atomic E-state index is -4.91. The van der Waals surface area contributed by atoms with Crippen LogP contribution in [0.5, 0.6) is 0 Å². The van der Waals surface area contributed by atoms with Crippen LogP contribution < -0.4 is 0 Å². The molecule has 0 radical (unpaired) electrons. The number of Topliss-reactive ketones (excluding diaryl/α,β-unsaturated/α-hetero) is 1. The molecule has 0 unspecified atom stereocenters. The first-order valence-electron chi connectivity index (χ1n) is 11.1. The highest BCUT2D eigenvalue weighted by molar-refractivity contribution is 6.31. The van der Waals surface area contributed by atoms with E-state index in [9.17, 15) is 18.0 Å². The molecule has 33 heavy (non-hydrogen) atoms. The van der Waals surface area contributed by atoms with Crippen LogP contribution in [-0.2, 0) is 13.1 Å². The van der Waals surface area contributed by atoms with Crippen molar-refractivity contribution in [3.63, 3.8) is 0 Å². The van der Waals surface area contributed by atoms with Gasteiger partial charge in [0.1, 0.15) is 5.65 Å². The Hall–Kier alpha value is -2.42. The molecule has 0 atom stereocenters. The third-order valence-electron chi connectivity index (χ3n) is 6.04. The van der Waals surface area contributed by atoms with Crippen LogP contribution in [-0.4, -0.2) is 64.0 Å². The quantitative estimate of drug-likeness (QED) is 0.446. The van der Waals surface area contributed by atoms with E-state index in [1.54, 1.807) is 10.6 Å². The maximum absolute atomic E-state index is 13.0. The number of benzene rings is 1. The van der Waals surface area contributed by atoms with E-state index in [1.807, 2.05) is 18.2 Å². The van der Waals surface area contributed by atoms with Crippen LogP contribution >= 0.6 is 11.6 Å². The van der Waals surface area contributed by atoms with Crippen molar-refractivity contribution < 1.29 is 18.0 Å². The van der Waals surface area contributed by atoms with Crippen LogP contribution in [0, 0.1) is 0 Å². The summed E-state index contributed by atoms with van der Waals surface area (Å²) in [6, 6.07) is 11.0. The number of carbonyl (C=O) groups excluding carboxylic acids is 1. The van der Waals surface area contributed by atoms with Crippen molar-refractivity contribution in [1.82, 2.24) is 19.4 Å². The highest BCUT2D eigenvalue weighted by atomic mass is 35.5. The van der Waals surface area contributed by atoms with E-state index >= 15 is 0 Å². The van der Waals surface area contributed by atoms with E-state index in [0.29, 0.717) is 12.2 Å². The number of halogens is 4. The summed E-state index contributed by atoms with van der Waals surface area (Å²) in [7, 11) is 0. The molecule has 4 rings (SSSR count). The van der Waals surface area contributed by atoms with Crippen LogP contribution in [0.25, 0.3) is 11.0 Å². The number of ketones is 1. The van der Waals surface area contributed by atoms with Crippen LogP contribution in [0.2, 0.25) is 5.02 Å². The minimum Gasteiger partial charge on any atom is -0.332 e. The van der Waals surface area contributed by atoms with E-state index in [1.165, 1.54) is 18.5 Å². The summed E-state index contributed by atoms with van der Waals surface area (Å²) in [6.07, 6.45) is -0.283. The second-order valence-corrected chi connectivity index (χ2v) is 8.76. The lowest BCUT2D eigenvalue weighted by atomic mass is 10.1. The first-order valence-corrected chi connectivity index (χ1v) is 11.4. The molecule has 9 heteroatoms. The van der Waals surface area contributed by atoms with E-state index in [0.717, 1.165) is 62.7 Å². The molecule has 5 nitrogen and oxygen atoms in total. The van der Waals surface area contributed by atoms with Crippen molar-refractivity contribution in [2.24, 2.45) is 0 Å². The Morgan fingerprint density at radius 1 is 1.00 bits per heavy atom. The predicted molar refractivity (Wildman–Crippen MR) is 123 cm³/mol. The van der Waals surface area contributed by atoms with Gasteiger partial charge in [0.25, 0.3) is 5.78 Å². The molecule has 0 bridgehead atoms. The van der Waals surface area contributed by atoms with Gasteiger partial charge in [-0.25, -0.2) is 4.98 Å². The van der Waals surface area contributed by atoms with E-state index in [-0.39, 0.29) is 10.9 Å². The Balaban J connectivity index is 1.34. The van der Waals surface area contributed by atoms with Crippen molar-refractivity contribution >= 4 is 28.4 Å². The van der Waals surface area contributed by atoms with Gasteiger partial charge in [0, 0.05) is 49.0 Å². The monoisotopic (exact) mass is 478 g/mol. The maximum atomic E-state index is 13.0. The van der Waals surface area contributed by atoms with Crippen molar-refractivity contribution in [3.05, 3.63) is 64.9 Å². The van der Waals surface area contributed by atoms with Gasteiger partial charge in [-0.1, -0.05) is 29.8 Å². The molecule has 0 N–H and O–H groups in total. The van der Waals surface area contributed by atoms with Crippen LogP contribution in [0.1, 0.15) is 28.8 Å². The summed E-state index contributed by atoms with van der Waals surface area (Å²) in [6.45, 7) is 5.98. The third kappa shape index (κ3) is 5.75.